The van der Waals surface area contributed by atoms with E-state index in [1.165, 1.54) is 6.21 Å². The van der Waals surface area contributed by atoms with Crippen molar-refractivity contribution in [2.45, 2.75) is 26.4 Å². The van der Waals surface area contributed by atoms with E-state index >= 15 is 0 Å². The highest BCUT2D eigenvalue weighted by Gasteiger charge is 2.59. The third-order valence-electron chi connectivity index (χ3n) is 5.58. The van der Waals surface area contributed by atoms with Gasteiger partial charge in [-0.05, 0) is 61.9 Å². The van der Waals surface area contributed by atoms with Crippen molar-refractivity contribution in [2.24, 2.45) is 28.8 Å². The Bertz CT molecular complexity index is 830. The number of esters is 1. The van der Waals surface area contributed by atoms with Gasteiger partial charge in [0.05, 0.1) is 24.7 Å². The van der Waals surface area contributed by atoms with E-state index in [2.05, 4.69) is 17.3 Å². The molecule has 2 fully saturated rings. The van der Waals surface area contributed by atoms with Gasteiger partial charge < -0.3 is 9.47 Å². The summed E-state index contributed by atoms with van der Waals surface area (Å²) in [6.07, 6.45) is 5.80. The van der Waals surface area contributed by atoms with Gasteiger partial charge in [-0.3, -0.25) is 9.59 Å². The summed E-state index contributed by atoms with van der Waals surface area (Å²) in [6.45, 7) is 3.66. The van der Waals surface area contributed by atoms with E-state index < -0.39 is 12.1 Å². The fourth-order valence-electron chi connectivity index (χ4n) is 4.27. The predicted octanol–water partition coefficient (Wildman–Crippen LogP) is 2.16. The minimum atomic E-state index is -0.706. The van der Waals surface area contributed by atoms with Crippen LogP contribution >= 0.6 is 0 Å². The van der Waals surface area contributed by atoms with E-state index in [0.29, 0.717) is 12.4 Å². The van der Waals surface area contributed by atoms with Crippen LogP contribution in [0.4, 0.5) is 0 Å². The molecule has 28 heavy (non-hydrogen) atoms. The summed E-state index contributed by atoms with van der Waals surface area (Å²) >= 11 is 0. The Hall–Kier alpha value is -2.96. The number of nitrogens with zero attached hydrogens (tertiary/aromatic N) is 2. The molecule has 1 saturated heterocycles. The topological polar surface area (TPSA) is 85.3 Å². The fourth-order valence-corrected chi connectivity index (χ4v) is 4.27. The Morgan fingerprint density at radius 2 is 1.79 bits per heavy atom. The molecule has 1 aromatic rings. The van der Waals surface area contributed by atoms with Crippen LogP contribution in [-0.2, 0) is 19.1 Å². The average molecular weight is 382 g/mol. The Morgan fingerprint density at radius 1 is 1.18 bits per heavy atom. The number of fused-ring (bicyclic) bond motifs is 5. The SMILES string of the molecule is CCOC(=O)C(C)Oc1ccc(C=NN2C(=O)C3C4C=CC(C4)C3C2=O)cc1. The third kappa shape index (κ3) is 3.10. The maximum absolute atomic E-state index is 12.6. The second kappa shape index (κ2) is 7.22. The smallest absolute Gasteiger partial charge is 0.347 e. The van der Waals surface area contributed by atoms with Crippen LogP contribution in [0.2, 0.25) is 0 Å². The van der Waals surface area contributed by atoms with Crippen LogP contribution in [0.1, 0.15) is 25.8 Å². The molecule has 3 aliphatic rings. The lowest BCUT2D eigenvalue weighted by molar-refractivity contribution is -0.150. The number of carbonyl (C=O) groups excluding carboxylic acids is 3. The van der Waals surface area contributed by atoms with Crippen molar-refractivity contribution in [3.05, 3.63) is 42.0 Å². The number of benzene rings is 1. The standard InChI is InChI=1S/C21H22N2O5/c1-3-27-21(26)12(2)28-16-8-4-13(5-9-16)11-22-23-19(24)17-14-6-7-15(10-14)18(17)20(23)25/h4-9,11-12,14-15,17-18H,3,10H2,1-2H3. The average Bonchev–Trinajstić information content (AvgIpc) is 3.36. The second-order valence-electron chi connectivity index (χ2n) is 7.31. The van der Waals surface area contributed by atoms with Crippen LogP contribution in [0.3, 0.4) is 0 Å². The maximum Gasteiger partial charge on any atom is 0.347 e. The Labute approximate surface area is 163 Å². The van der Waals surface area contributed by atoms with Gasteiger partial charge in [-0.25, -0.2) is 4.79 Å². The lowest BCUT2D eigenvalue weighted by atomic mass is 9.85. The van der Waals surface area contributed by atoms with Crippen molar-refractivity contribution < 1.29 is 23.9 Å². The number of hydrogen-bond donors (Lipinski definition) is 0. The quantitative estimate of drug-likeness (QED) is 0.326. The van der Waals surface area contributed by atoms with Crippen LogP contribution in [-0.4, -0.2) is 41.7 Å². The first-order valence-electron chi connectivity index (χ1n) is 9.53. The van der Waals surface area contributed by atoms with Crippen molar-refractivity contribution in [3.8, 4) is 5.75 Å². The molecule has 1 saturated carbocycles. The second-order valence-corrected chi connectivity index (χ2v) is 7.31. The maximum atomic E-state index is 12.6. The molecule has 7 nitrogen and oxygen atoms in total. The van der Waals surface area contributed by atoms with Crippen molar-refractivity contribution in [2.75, 3.05) is 6.61 Å². The zero-order valence-corrected chi connectivity index (χ0v) is 15.8. The summed E-state index contributed by atoms with van der Waals surface area (Å²) in [5.74, 6) is -0.470. The summed E-state index contributed by atoms with van der Waals surface area (Å²) in [5, 5.41) is 5.17. The molecule has 7 heteroatoms. The van der Waals surface area contributed by atoms with Crippen molar-refractivity contribution in [1.82, 2.24) is 5.01 Å². The van der Waals surface area contributed by atoms with Gasteiger partial charge in [0.2, 0.25) is 0 Å². The zero-order valence-electron chi connectivity index (χ0n) is 15.8. The summed E-state index contributed by atoms with van der Waals surface area (Å²) < 4.78 is 10.4. The van der Waals surface area contributed by atoms with Crippen molar-refractivity contribution in [3.63, 3.8) is 0 Å². The molecule has 0 radical (unpaired) electrons. The summed E-state index contributed by atoms with van der Waals surface area (Å²) in [7, 11) is 0. The number of hydrogen-bond acceptors (Lipinski definition) is 6. The van der Waals surface area contributed by atoms with Gasteiger partial charge >= 0.3 is 5.97 Å². The number of hydrazone groups is 1. The van der Waals surface area contributed by atoms with Crippen LogP contribution in [0, 0.1) is 23.7 Å². The molecular weight excluding hydrogens is 360 g/mol. The molecule has 4 rings (SSSR count). The van der Waals surface area contributed by atoms with Crippen molar-refractivity contribution in [1.29, 1.82) is 0 Å². The van der Waals surface area contributed by atoms with Crippen LogP contribution < -0.4 is 4.74 Å². The highest BCUT2D eigenvalue weighted by molar-refractivity contribution is 6.06. The van der Waals surface area contributed by atoms with Crippen molar-refractivity contribution >= 4 is 24.0 Å². The molecule has 1 heterocycles. The first kappa shape index (κ1) is 18.4. The predicted molar refractivity (Wildman–Crippen MR) is 100 cm³/mol. The Morgan fingerprint density at radius 3 is 2.36 bits per heavy atom. The minimum absolute atomic E-state index is 0.171. The fraction of sp³-hybridized carbons (Fsp3) is 0.429. The van der Waals surface area contributed by atoms with Gasteiger partial charge in [-0.15, -0.1) is 0 Å². The van der Waals surface area contributed by atoms with Gasteiger partial charge in [-0.1, -0.05) is 12.2 Å². The molecule has 146 valence electrons. The molecular formula is C21H22N2O5. The molecule has 0 spiro atoms. The van der Waals surface area contributed by atoms with Crippen LogP contribution in [0.5, 0.6) is 5.75 Å². The number of amides is 2. The van der Waals surface area contributed by atoms with E-state index in [1.807, 2.05) is 0 Å². The lowest BCUT2D eigenvalue weighted by Gasteiger charge is -2.13. The monoisotopic (exact) mass is 382 g/mol. The molecule has 1 aliphatic heterocycles. The molecule has 5 unspecified atom stereocenters. The van der Waals surface area contributed by atoms with Gasteiger partial charge in [0.15, 0.2) is 6.10 Å². The normalized spacial score (nSPS) is 28.9. The minimum Gasteiger partial charge on any atom is -0.479 e. The molecule has 2 aliphatic carbocycles. The molecule has 2 amide bonds. The van der Waals surface area contributed by atoms with E-state index in [0.717, 1.165) is 17.0 Å². The molecule has 0 N–H and O–H groups in total. The number of carbonyl (C=O) groups is 3. The van der Waals surface area contributed by atoms with Gasteiger partial charge in [0.25, 0.3) is 11.8 Å². The third-order valence-corrected chi connectivity index (χ3v) is 5.58. The summed E-state index contributed by atoms with van der Waals surface area (Å²) in [4.78, 5) is 36.8. The van der Waals surface area contributed by atoms with E-state index in [9.17, 15) is 14.4 Å². The number of allylic oxidation sites excluding steroid dienone is 2. The largest absolute Gasteiger partial charge is 0.479 e. The van der Waals surface area contributed by atoms with Gasteiger partial charge in [-0.2, -0.15) is 10.1 Å². The lowest BCUT2D eigenvalue weighted by Crippen LogP contribution is -2.28. The number of rotatable bonds is 6. The number of imide groups is 1. The van der Waals surface area contributed by atoms with E-state index in [1.54, 1.807) is 38.1 Å². The first-order chi connectivity index (χ1) is 13.5. The van der Waals surface area contributed by atoms with Gasteiger partial charge in [0, 0.05) is 0 Å². The Balaban J connectivity index is 1.40. The Kier molecular flexibility index (Phi) is 4.75. The summed E-state index contributed by atoms with van der Waals surface area (Å²) in [6, 6.07) is 6.88. The first-order valence-corrected chi connectivity index (χ1v) is 9.53. The van der Waals surface area contributed by atoms with Crippen LogP contribution in [0.15, 0.2) is 41.5 Å². The highest BCUT2D eigenvalue weighted by atomic mass is 16.6. The van der Waals surface area contributed by atoms with Crippen LogP contribution in [0.25, 0.3) is 0 Å². The molecule has 0 aromatic heterocycles. The zero-order chi connectivity index (χ0) is 19.8. The molecule has 1 aromatic carbocycles. The molecule has 2 bridgehead atoms. The van der Waals surface area contributed by atoms with E-state index in [4.69, 9.17) is 9.47 Å². The highest BCUT2D eigenvalue weighted by Crippen LogP contribution is 2.52. The van der Waals surface area contributed by atoms with E-state index in [-0.39, 0.29) is 35.5 Å². The summed E-state index contributed by atoms with van der Waals surface area (Å²) in [5.41, 5.74) is 0.717. The number of ether oxygens (including phenoxy) is 2. The van der Waals surface area contributed by atoms with Gasteiger partial charge in [0.1, 0.15) is 5.75 Å². The molecule has 5 atom stereocenters.